The van der Waals surface area contributed by atoms with Crippen molar-refractivity contribution in [3.63, 3.8) is 0 Å². The molecule has 4 nitrogen and oxygen atoms in total. The van der Waals surface area contributed by atoms with Crippen molar-refractivity contribution in [2.24, 2.45) is 0 Å². The Morgan fingerprint density at radius 3 is 2.30 bits per heavy atom. The summed E-state index contributed by atoms with van der Waals surface area (Å²) in [5.74, 6) is 3.10. The van der Waals surface area contributed by atoms with Crippen molar-refractivity contribution in [3.8, 4) is 0 Å². The van der Waals surface area contributed by atoms with E-state index in [1.54, 1.807) is 11.8 Å². The van der Waals surface area contributed by atoms with E-state index < -0.39 is 0 Å². The number of aromatic nitrogens is 2. The van der Waals surface area contributed by atoms with Gasteiger partial charge < -0.3 is 10.6 Å². The van der Waals surface area contributed by atoms with Crippen LogP contribution in [0.2, 0.25) is 0 Å². The van der Waals surface area contributed by atoms with Crippen molar-refractivity contribution in [2.75, 3.05) is 42.0 Å². The molecular formula is C14H26N4S2. The Hall–Kier alpha value is -0.620. The SMILES string of the molecule is CCCNc1cc(NCCCCCSC)nc(SC)n1. The number of hydrogen-bond acceptors (Lipinski definition) is 6. The first kappa shape index (κ1) is 17.4. The van der Waals surface area contributed by atoms with Crippen molar-refractivity contribution >= 4 is 35.2 Å². The summed E-state index contributed by atoms with van der Waals surface area (Å²) < 4.78 is 0. The monoisotopic (exact) mass is 314 g/mol. The van der Waals surface area contributed by atoms with Gasteiger partial charge in [-0.3, -0.25) is 0 Å². The van der Waals surface area contributed by atoms with Crippen molar-refractivity contribution in [1.29, 1.82) is 0 Å². The van der Waals surface area contributed by atoms with Crippen LogP contribution in [0, 0.1) is 0 Å². The van der Waals surface area contributed by atoms with Gasteiger partial charge in [0, 0.05) is 19.2 Å². The van der Waals surface area contributed by atoms with Gasteiger partial charge in [0.25, 0.3) is 0 Å². The summed E-state index contributed by atoms with van der Waals surface area (Å²) in [6.45, 7) is 4.07. The Morgan fingerprint density at radius 2 is 1.70 bits per heavy atom. The molecule has 0 aromatic carbocycles. The quantitative estimate of drug-likeness (QED) is 0.366. The largest absolute Gasteiger partial charge is 0.370 e. The molecule has 0 radical (unpaired) electrons. The predicted octanol–water partition coefficient (Wildman–Crippen LogP) is 3.97. The van der Waals surface area contributed by atoms with E-state index in [0.29, 0.717) is 0 Å². The van der Waals surface area contributed by atoms with Gasteiger partial charge in [-0.05, 0) is 37.5 Å². The highest BCUT2D eigenvalue weighted by Crippen LogP contribution is 2.17. The topological polar surface area (TPSA) is 49.8 Å². The molecule has 0 atom stereocenters. The molecular weight excluding hydrogens is 288 g/mol. The van der Waals surface area contributed by atoms with E-state index in [1.165, 1.54) is 25.0 Å². The number of nitrogens with one attached hydrogen (secondary N) is 2. The molecule has 1 aromatic heterocycles. The molecule has 114 valence electrons. The number of thioether (sulfide) groups is 2. The van der Waals surface area contributed by atoms with Gasteiger partial charge in [-0.2, -0.15) is 11.8 Å². The van der Waals surface area contributed by atoms with Crippen molar-refractivity contribution < 1.29 is 0 Å². The fraction of sp³-hybridized carbons (Fsp3) is 0.714. The van der Waals surface area contributed by atoms with Crippen LogP contribution < -0.4 is 10.6 Å². The van der Waals surface area contributed by atoms with Crippen LogP contribution in [0.25, 0.3) is 0 Å². The fourth-order valence-corrected chi connectivity index (χ4v) is 2.59. The van der Waals surface area contributed by atoms with E-state index in [-0.39, 0.29) is 0 Å². The predicted molar refractivity (Wildman–Crippen MR) is 93.3 cm³/mol. The molecule has 20 heavy (non-hydrogen) atoms. The summed E-state index contributed by atoms with van der Waals surface area (Å²) in [6.07, 6.45) is 9.02. The third-order valence-electron chi connectivity index (χ3n) is 2.78. The van der Waals surface area contributed by atoms with Gasteiger partial charge in [0.15, 0.2) is 5.16 Å². The average Bonchev–Trinajstić information content (AvgIpc) is 2.48. The molecule has 6 heteroatoms. The Kier molecular flexibility index (Phi) is 9.66. The minimum absolute atomic E-state index is 0.816. The summed E-state index contributed by atoms with van der Waals surface area (Å²) in [6, 6.07) is 2.00. The van der Waals surface area contributed by atoms with Gasteiger partial charge in [0.1, 0.15) is 11.6 Å². The molecule has 0 spiro atoms. The Balaban J connectivity index is 2.42. The summed E-state index contributed by atoms with van der Waals surface area (Å²) >= 11 is 3.49. The van der Waals surface area contributed by atoms with Gasteiger partial charge >= 0.3 is 0 Å². The standard InChI is InChI=1S/C14H26N4S2/c1-4-8-15-12-11-13(18-14(17-12)20-3)16-9-6-5-7-10-19-2/h11H,4-10H2,1-3H3,(H2,15,16,17,18). The lowest BCUT2D eigenvalue weighted by molar-refractivity contribution is 0.746. The molecule has 0 bridgehead atoms. The molecule has 1 aromatic rings. The Labute approximate surface area is 131 Å². The first-order valence-electron chi connectivity index (χ1n) is 7.20. The van der Waals surface area contributed by atoms with Gasteiger partial charge in [-0.25, -0.2) is 9.97 Å². The highest BCUT2D eigenvalue weighted by molar-refractivity contribution is 7.98. The number of unbranched alkanes of at least 4 members (excludes halogenated alkanes) is 2. The number of anilines is 2. The van der Waals surface area contributed by atoms with Gasteiger partial charge in [0.05, 0.1) is 0 Å². The zero-order valence-electron chi connectivity index (χ0n) is 12.7. The van der Waals surface area contributed by atoms with Crippen LogP contribution in [-0.2, 0) is 0 Å². The Bertz CT molecular complexity index is 374. The van der Waals surface area contributed by atoms with E-state index in [2.05, 4.69) is 33.8 Å². The third-order valence-corrected chi connectivity index (χ3v) is 4.02. The number of rotatable bonds is 11. The molecule has 1 heterocycles. The van der Waals surface area contributed by atoms with E-state index in [1.807, 2.05) is 24.1 Å². The summed E-state index contributed by atoms with van der Waals surface area (Å²) in [5.41, 5.74) is 0. The lowest BCUT2D eigenvalue weighted by Gasteiger charge is -2.10. The second-order valence-corrected chi connectivity index (χ2v) is 6.29. The molecule has 0 saturated heterocycles. The molecule has 0 aliphatic rings. The zero-order valence-corrected chi connectivity index (χ0v) is 14.4. The minimum atomic E-state index is 0.816. The fourth-order valence-electron chi connectivity index (χ4n) is 1.72. The summed E-state index contributed by atoms with van der Waals surface area (Å²) in [5, 5.41) is 7.54. The van der Waals surface area contributed by atoms with Crippen molar-refractivity contribution in [3.05, 3.63) is 6.07 Å². The molecule has 0 amide bonds. The second kappa shape index (κ2) is 11.1. The third kappa shape index (κ3) is 7.24. The van der Waals surface area contributed by atoms with E-state index in [0.717, 1.165) is 36.3 Å². The van der Waals surface area contributed by atoms with Crippen molar-refractivity contribution in [2.45, 2.75) is 37.8 Å². The van der Waals surface area contributed by atoms with Crippen LogP contribution in [0.1, 0.15) is 32.6 Å². The average molecular weight is 315 g/mol. The van der Waals surface area contributed by atoms with Gasteiger partial charge in [-0.15, -0.1) is 0 Å². The van der Waals surface area contributed by atoms with Crippen LogP contribution >= 0.6 is 23.5 Å². The van der Waals surface area contributed by atoms with Crippen molar-refractivity contribution in [1.82, 2.24) is 9.97 Å². The Morgan fingerprint density at radius 1 is 1.00 bits per heavy atom. The van der Waals surface area contributed by atoms with Crippen LogP contribution in [0.3, 0.4) is 0 Å². The normalized spacial score (nSPS) is 10.6. The summed E-state index contributed by atoms with van der Waals surface area (Å²) in [7, 11) is 0. The van der Waals surface area contributed by atoms with Crippen LogP contribution in [0.4, 0.5) is 11.6 Å². The van der Waals surface area contributed by atoms with Gasteiger partial charge in [0.2, 0.25) is 0 Å². The van der Waals surface area contributed by atoms with E-state index >= 15 is 0 Å². The van der Waals surface area contributed by atoms with Crippen LogP contribution in [0.15, 0.2) is 11.2 Å². The maximum atomic E-state index is 4.49. The minimum Gasteiger partial charge on any atom is -0.370 e. The zero-order chi connectivity index (χ0) is 14.6. The second-order valence-electron chi connectivity index (χ2n) is 4.53. The van der Waals surface area contributed by atoms with Crippen LogP contribution in [-0.4, -0.2) is 41.3 Å². The van der Waals surface area contributed by atoms with E-state index in [9.17, 15) is 0 Å². The lowest BCUT2D eigenvalue weighted by atomic mass is 10.2. The maximum Gasteiger partial charge on any atom is 0.191 e. The molecule has 0 aliphatic heterocycles. The molecule has 0 unspecified atom stereocenters. The first-order chi connectivity index (χ1) is 9.80. The van der Waals surface area contributed by atoms with E-state index in [4.69, 9.17) is 0 Å². The molecule has 2 N–H and O–H groups in total. The van der Waals surface area contributed by atoms with Crippen LogP contribution in [0.5, 0.6) is 0 Å². The highest BCUT2D eigenvalue weighted by Gasteiger charge is 2.03. The van der Waals surface area contributed by atoms with Gasteiger partial charge in [-0.1, -0.05) is 25.1 Å². The first-order valence-corrected chi connectivity index (χ1v) is 9.81. The molecule has 0 aliphatic carbocycles. The number of hydrogen-bond donors (Lipinski definition) is 2. The lowest BCUT2D eigenvalue weighted by Crippen LogP contribution is -2.08. The molecule has 0 saturated carbocycles. The molecule has 0 fully saturated rings. The maximum absolute atomic E-state index is 4.49. The number of nitrogens with zero attached hydrogens (tertiary/aromatic N) is 2. The smallest absolute Gasteiger partial charge is 0.191 e. The molecule has 1 rings (SSSR count). The summed E-state index contributed by atoms with van der Waals surface area (Å²) in [4.78, 5) is 8.95. The highest BCUT2D eigenvalue weighted by atomic mass is 32.2.